The number of amides is 2. The smallest absolute Gasteiger partial charge is 0.266 e. The molecule has 0 aromatic heterocycles. The quantitative estimate of drug-likeness (QED) is 0.637. The first-order chi connectivity index (χ1) is 9.50. The molecule has 0 saturated carbocycles. The van der Waals surface area contributed by atoms with E-state index in [0.29, 0.717) is 22.5 Å². The molecule has 2 amide bonds. The number of nitrogens with zero attached hydrogens (tertiary/aromatic N) is 1. The third kappa shape index (κ3) is 1.61. The summed E-state index contributed by atoms with van der Waals surface area (Å²) in [5.41, 5.74) is 9.75. The second-order valence-corrected chi connectivity index (χ2v) is 4.99. The number of benzene rings is 2. The number of carbonyl (C=O) groups is 2. The maximum atomic E-state index is 12.4. The van der Waals surface area contributed by atoms with E-state index in [0.717, 1.165) is 16.0 Å². The van der Waals surface area contributed by atoms with Gasteiger partial charge in [-0.05, 0) is 49.2 Å². The minimum atomic E-state index is -0.319. The summed E-state index contributed by atoms with van der Waals surface area (Å²) in [7, 11) is 0. The molecule has 1 aliphatic rings. The molecule has 0 radical (unpaired) electrons. The molecule has 0 fully saturated rings. The molecule has 3 rings (SSSR count). The number of nitrogen functional groups attached to an aromatic ring is 1. The van der Waals surface area contributed by atoms with Crippen LogP contribution in [0.3, 0.4) is 0 Å². The number of hydrogen-bond donors (Lipinski definition) is 1. The van der Waals surface area contributed by atoms with Gasteiger partial charge in [0.15, 0.2) is 0 Å². The van der Waals surface area contributed by atoms with Crippen molar-refractivity contribution in [3.8, 4) is 0 Å². The van der Waals surface area contributed by atoms with Crippen molar-refractivity contribution in [2.45, 2.75) is 13.8 Å². The van der Waals surface area contributed by atoms with Crippen LogP contribution in [-0.2, 0) is 0 Å². The number of imide groups is 1. The highest BCUT2D eigenvalue weighted by molar-refractivity contribution is 6.35. The molecule has 100 valence electrons. The highest BCUT2D eigenvalue weighted by atomic mass is 16.2. The number of nitrogens with two attached hydrogens (primary N) is 1. The van der Waals surface area contributed by atoms with Crippen molar-refractivity contribution in [3.05, 3.63) is 58.7 Å². The molecule has 0 bridgehead atoms. The van der Waals surface area contributed by atoms with Crippen LogP contribution < -0.4 is 10.6 Å². The van der Waals surface area contributed by atoms with Gasteiger partial charge < -0.3 is 5.73 Å². The van der Waals surface area contributed by atoms with Crippen LogP contribution in [0.25, 0.3) is 0 Å². The molecule has 2 N–H and O–H groups in total. The summed E-state index contributed by atoms with van der Waals surface area (Å²) in [5, 5.41) is 0. The van der Waals surface area contributed by atoms with Gasteiger partial charge in [0.25, 0.3) is 11.8 Å². The van der Waals surface area contributed by atoms with Crippen molar-refractivity contribution < 1.29 is 9.59 Å². The van der Waals surface area contributed by atoms with E-state index in [-0.39, 0.29) is 11.8 Å². The summed E-state index contributed by atoms with van der Waals surface area (Å²) in [5.74, 6) is -0.638. The zero-order valence-electron chi connectivity index (χ0n) is 11.3. The van der Waals surface area contributed by atoms with Crippen LogP contribution in [0.4, 0.5) is 11.4 Å². The Labute approximate surface area is 116 Å². The minimum Gasteiger partial charge on any atom is -0.397 e. The molecule has 20 heavy (non-hydrogen) atoms. The Morgan fingerprint density at radius 1 is 0.900 bits per heavy atom. The molecule has 2 aromatic rings. The van der Waals surface area contributed by atoms with E-state index < -0.39 is 0 Å². The Hall–Kier alpha value is -2.62. The highest BCUT2D eigenvalue weighted by Crippen LogP contribution is 2.33. The van der Waals surface area contributed by atoms with E-state index in [1.807, 2.05) is 13.8 Å². The Bertz CT molecular complexity index is 715. The van der Waals surface area contributed by atoms with Crippen LogP contribution in [0.5, 0.6) is 0 Å². The number of fused-ring (bicyclic) bond motifs is 1. The maximum absolute atomic E-state index is 12.4. The normalized spacial score (nSPS) is 13.8. The van der Waals surface area contributed by atoms with Crippen LogP contribution >= 0.6 is 0 Å². The topological polar surface area (TPSA) is 63.4 Å². The fourth-order valence-electron chi connectivity index (χ4n) is 2.42. The van der Waals surface area contributed by atoms with E-state index in [2.05, 4.69) is 0 Å². The summed E-state index contributed by atoms with van der Waals surface area (Å²) >= 11 is 0. The minimum absolute atomic E-state index is 0.319. The highest BCUT2D eigenvalue weighted by Gasteiger charge is 2.37. The summed E-state index contributed by atoms with van der Waals surface area (Å²) in [6.45, 7) is 3.87. The molecule has 2 aromatic carbocycles. The Balaban J connectivity index is 2.17. The standard InChI is InChI=1S/C16H14N2O2/c1-9-7-13(17)14(8-10(9)2)18-15(19)11-5-3-4-6-12(11)16(18)20/h3-8H,17H2,1-2H3. The molecule has 0 aliphatic carbocycles. The molecule has 1 heterocycles. The summed E-state index contributed by atoms with van der Waals surface area (Å²) in [4.78, 5) is 26.0. The van der Waals surface area contributed by atoms with Crippen molar-refractivity contribution in [1.82, 2.24) is 0 Å². The first-order valence-corrected chi connectivity index (χ1v) is 6.35. The van der Waals surface area contributed by atoms with Gasteiger partial charge in [-0.25, -0.2) is 4.90 Å². The molecular formula is C16H14N2O2. The lowest BCUT2D eigenvalue weighted by Crippen LogP contribution is -2.30. The molecule has 4 heteroatoms. The zero-order chi connectivity index (χ0) is 14.4. The van der Waals surface area contributed by atoms with Gasteiger partial charge in [0.2, 0.25) is 0 Å². The Morgan fingerprint density at radius 2 is 1.40 bits per heavy atom. The predicted molar refractivity (Wildman–Crippen MR) is 77.9 cm³/mol. The molecule has 4 nitrogen and oxygen atoms in total. The van der Waals surface area contributed by atoms with Gasteiger partial charge >= 0.3 is 0 Å². The lowest BCUT2D eigenvalue weighted by atomic mass is 10.1. The van der Waals surface area contributed by atoms with Gasteiger partial charge in [-0.15, -0.1) is 0 Å². The predicted octanol–water partition coefficient (Wildman–Crippen LogP) is 2.69. The zero-order valence-corrected chi connectivity index (χ0v) is 11.3. The summed E-state index contributed by atoms with van der Waals surface area (Å²) in [6.07, 6.45) is 0. The molecule has 0 spiro atoms. The van der Waals surface area contributed by atoms with Crippen molar-refractivity contribution in [2.24, 2.45) is 0 Å². The average molecular weight is 266 g/mol. The number of carbonyl (C=O) groups excluding carboxylic acids is 2. The van der Waals surface area contributed by atoms with Crippen LogP contribution in [0.2, 0.25) is 0 Å². The number of rotatable bonds is 1. The largest absolute Gasteiger partial charge is 0.397 e. The van der Waals surface area contributed by atoms with E-state index in [4.69, 9.17) is 5.73 Å². The Kier molecular flexibility index (Phi) is 2.61. The Morgan fingerprint density at radius 3 is 1.95 bits per heavy atom. The molecule has 0 saturated heterocycles. The summed E-state index contributed by atoms with van der Waals surface area (Å²) in [6, 6.07) is 10.4. The third-order valence-corrected chi connectivity index (χ3v) is 3.68. The van der Waals surface area contributed by atoms with E-state index in [1.165, 1.54) is 0 Å². The fraction of sp³-hybridized carbons (Fsp3) is 0.125. The van der Waals surface area contributed by atoms with Gasteiger partial charge in [0.1, 0.15) is 0 Å². The van der Waals surface area contributed by atoms with E-state index in [9.17, 15) is 9.59 Å². The van der Waals surface area contributed by atoms with Crippen LogP contribution in [0.1, 0.15) is 31.8 Å². The lowest BCUT2D eigenvalue weighted by Gasteiger charge is -2.18. The molecule has 0 atom stereocenters. The second kappa shape index (κ2) is 4.20. The van der Waals surface area contributed by atoms with Gasteiger partial charge in [-0.2, -0.15) is 0 Å². The van der Waals surface area contributed by atoms with Crippen molar-refractivity contribution in [2.75, 3.05) is 10.6 Å². The molecular weight excluding hydrogens is 252 g/mol. The van der Waals surface area contributed by atoms with E-state index in [1.54, 1.807) is 36.4 Å². The molecule has 1 aliphatic heterocycles. The fourth-order valence-corrected chi connectivity index (χ4v) is 2.42. The van der Waals surface area contributed by atoms with Gasteiger partial charge in [0.05, 0.1) is 22.5 Å². The second-order valence-electron chi connectivity index (χ2n) is 4.99. The maximum Gasteiger partial charge on any atom is 0.266 e. The monoisotopic (exact) mass is 266 g/mol. The van der Waals surface area contributed by atoms with Gasteiger partial charge in [-0.1, -0.05) is 12.1 Å². The van der Waals surface area contributed by atoms with Crippen LogP contribution in [0, 0.1) is 13.8 Å². The number of anilines is 2. The first-order valence-electron chi connectivity index (χ1n) is 6.35. The van der Waals surface area contributed by atoms with Crippen molar-refractivity contribution >= 4 is 23.2 Å². The average Bonchev–Trinajstić information content (AvgIpc) is 2.68. The van der Waals surface area contributed by atoms with E-state index >= 15 is 0 Å². The summed E-state index contributed by atoms with van der Waals surface area (Å²) < 4.78 is 0. The number of hydrogen-bond acceptors (Lipinski definition) is 3. The molecule has 0 unspecified atom stereocenters. The SMILES string of the molecule is Cc1cc(N)c(N2C(=O)c3ccccc3C2=O)cc1C. The first kappa shape index (κ1) is 12.4. The third-order valence-electron chi connectivity index (χ3n) is 3.68. The van der Waals surface area contributed by atoms with Crippen LogP contribution in [-0.4, -0.2) is 11.8 Å². The van der Waals surface area contributed by atoms with Gasteiger partial charge in [0, 0.05) is 0 Å². The van der Waals surface area contributed by atoms with Gasteiger partial charge in [-0.3, -0.25) is 9.59 Å². The van der Waals surface area contributed by atoms with Crippen molar-refractivity contribution in [1.29, 1.82) is 0 Å². The number of aryl methyl sites for hydroxylation is 2. The lowest BCUT2D eigenvalue weighted by molar-refractivity contribution is 0.0926. The van der Waals surface area contributed by atoms with Crippen molar-refractivity contribution in [3.63, 3.8) is 0 Å². The van der Waals surface area contributed by atoms with Crippen LogP contribution in [0.15, 0.2) is 36.4 Å².